The zero-order valence-corrected chi connectivity index (χ0v) is 15.4. The summed E-state index contributed by atoms with van der Waals surface area (Å²) in [4.78, 5) is 19.6. The molecule has 1 saturated heterocycles. The van der Waals surface area contributed by atoms with Crippen LogP contribution in [-0.2, 0) is 4.79 Å². The van der Waals surface area contributed by atoms with Gasteiger partial charge in [0.25, 0.3) is 0 Å². The highest BCUT2D eigenvalue weighted by Crippen LogP contribution is 2.27. The van der Waals surface area contributed by atoms with Crippen molar-refractivity contribution in [3.63, 3.8) is 0 Å². The Morgan fingerprint density at radius 3 is 2.50 bits per heavy atom. The van der Waals surface area contributed by atoms with Crippen LogP contribution in [-0.4, -0.2) is 40.9 Å². The predicted octanol–water partition coefficient (Wildman–Crippen LogP) is 4.06. The summed E-state index contributed by atoms with van der Waals surface area (Å²) in [7, 11) is 1.99. The normalized spacial score (nSPS) is 24.2. The molecule has 1 aromatic rings. The fraction of sp³-hybridized carbons (Fsp3) is 0.579. The van der Waals surface area contributed by atoms with E-state index in [9.17, 15) is 4.79 Å². The van der Waals surface area contributed by atoms with Crippen molar-refractivity contribution in [3.05, 3.63) is 29.8 Å². The van der Waals surface area contributed by atoms with Crippen molar-refractivity contribution in [1.82, 2.24) is 4.90 Å². The smallest absolute Gasteiger partial charge is 0.248 e. The van der Waals surface area contributed by atoms with Crippen molar-refractivity contribution < 1.29 is 4.79 Å². The molecule has 5 heteroatoms. The molecule has 130 valence electrons. The average molecular weight is 346 g/mol. The van der Waals surface area contributed by atoms with Gasteiger partial charge in [-0.15, -0.1) is 0 Å². The van der Waals surface area contributed by atoms with Gasteiger partial charge in [0.2, 0.25) is 5.91 Å². The van der Waals surface area contributed by atoms with E-state index in [0.717, 1.165) is 16.6 Å². The number of likely N-dealkylation sites (N-methyl/N-ethyl adjacent to an activating group) is 1. The number of amides is 1. The van der Waals surface area contributed by atoms with Crippen molar-refractivity contribution in [1.29, 1.82) is 0 Å². The second-order valence-electron chi connectivity index (χ2n) is 6.85. The third-order valence-corrected chi connectivity index (χ3v) is 6.01. The maximum Gasteiger partial charge on any atom is 0.248 e. The van der Waals surface area contributed by atoms with E-state index in [2.05, 4.69) is 10.2 Å². The number of rotatable bonds is 3. The molecule has 2 fully saturated rings. The van der Waals surface area contributed by atoms with E-state index >= 15 is 0 Å². The van der Waals surface area contributed by atoms with Gasteiger partial charge in [-0.2, -0.15) is 0 Å². The highest BCUT2D eigenvalue weighted by Gasteiger charge is 2.33. The molecule has 0 aromatic heterocycles. The van der Waals surface area contributed by atoms with Crippen LogP contribution in [0.1, 0.15) is 44.1 Å². The van der Waals surface area contributed by atoms with E-state index in [4.69, 9.17) is 4.99 Å². The summed E-state index contributed by atoms with van der Waals surface area (Å²) in [5, 5.41) is 4.06. The molecular weight excluding hydrogens is 318 g/mol. The van der Waals surface area contributed by atoms with Crippen LogP contribution in [0.4, 0.5) is 5.69 Å². The highest BCUT2D eigenvalue weighted by atomic mass is 32.2. The Morgan fingerprint density at radius 2 is 1.83 bits per heavy atom. The molecule has 1 amide bonds. The maximum absolute atomic E-state index is 12.6. The average Bonchev–Trinajstić information content (AvgIpc) is 2.77. The summed E-state index contributed by atoms with van der Waals surface area (Å²) in [5.74, 6) is 0.833. The van der Waals surface area contributed by atoms with E-state index < -0.39 is 0 Å². The number of hydrogen-bond donors (Lipinski definition) is 1. The minimum atomic E-state index is -0.138. The number of aliphatic imine (C=N–C) groups is 1. The third-order valence-electron chi connectivity index (χ3n) is 4.88. The lowest BCUT2D eigenvalue weighted by molar-refractivity contribution is -0.118. The zero-order valence-electron chi connectivity index (χ0n) is 14.6. The molecule has 4 nitrogen and oxygen atoms in total. The van der Waals surface area contributed by atoms with Gasteiger partial charge in [-0.3, -0.25) is 9.79 Å². The molecule has 2 aliphatic rings. The first-order valence-electron chi connectivity index (χ1n) is 8.94. The number of amidine groups is 1. The largest absolute Gasteiger partial charge is 0.342 e. The summed E-state index contributed by atoms with van der Waals surface area (Å²) in [6.45, 7) is 2.04. The summed E-state index contributed by atoms with van der Waals surface area (Å²) < 4.78 is 0. The Bertz CT molecular complexity index is 591. The first-order valence-corrected chi connectivity index (χ1v) is 9.93. The second kappa shape index (κ2) is 8.06. The molecule has 1 atom stereocenters. The van der Waals surface area contributed by atoms with Crippen LogP contribution >= 0.6 is 11.8 Å². The number of hydrogen-bond acceptors (Lipinski definition) is 3. The van der Waals surface area contributed by atoms with Crippen LogP contribution in [0.25, 0.3) is 0 Å². The first kappa shape index (κ1) is 17.3. The Kier molecular flexibility index (Phi) is 5.82. The van der Waals surface area contributed by atoms with Gasteiger partial charge in [-0.1, -0.05) is 55.1 Å². The standard InChI is InChI=1S/C19H27N3OS/c1-14-9-11-16(12-10-14)20-18(23)17-13-24-19(22(17)2)21-15-7-5-3-4-6-8-15/h9-12,15,17H,3-8,13H2,1-2H3,(H,20,23). The summed E-state index contributed by atoms with van der Waals surface area (Å²) in [5.41, 5.74) is 2.05. The number of benzene rings is 1. The van der Waals surface area contributed by atoms with Crippen LogP contribution in [0.2, 0.25) is 0 Å². The van der Waals surface area contributed by atoms with Gasteiger partial charge in [0.15, 0.2) is 5.17 Å². The van der Waals surface area contributed by atoms with E-state index in [0.29, 0.717) is 6.04 Å². The van der Waals surface area contributed by atoms with Crippen molar-refractivity contribution in [2.24, 2.45) is 4.99 Å². The SMILES string of the molecule is Cc1ccc(NC(=O)C2CSC(=NC3CCCCCC3)N2C)cc1. The van der Waals surface area contributed by atoms with E-state index in [1.54, 1.807) is 11.8 Å². The molecule has 1 heterocycles. The Morgan fingerprint density at radius 1 is 1.17 bits per heavy atom. The Labute approximate surface area is 149 Å². The van der Waals surface area contributed by atoms with Crippen molar-refractivity contribution in [3.8, 4) is 0 Å². The first-order chi connectivity index (χ1) is 11.6. The van der Waals surface area contributed by atoms with Gasteiger partial charge in [-0.25, -0.2) is 0 Å². The maximum atomic E-state index is 12.6. The highest BCUT2D eigenvalue weighted by molar-refractivity contribution is 8.14. The van der Waals surface area contributed by atoms with Crippen LogP contribution in [0, 0.1) is 6.92 Å². The Balaban J connectivity index is 1.61. The monoisotopic (exact) mass is 345 g/mol. The van der Waals surface area contributed by atoms with E-state index in [1.165, 1.54) is 44.1 Å². The van der Waals surface area contributed by atoms with Crippen molar-refractivity contribution in [2.45, 2.75) is 57.5 Å². The number of carbonyl (C=O) groups excluding carboxylic acids is 1. The van der Waals surface area contributed by atoms with Gasteiger partial charge >= 0.3 is 0 Å². The van der Waals surface area contributed by atoms with Crippen molar-refractivity contribution in [2.75, 3.05) is 18.1 Å². The van der Waals surface area contributed by atoms with Gasteiger partial charge in [-0.05, 0) is 31.9 Å². The number of anilines is 1. The molecule has 3 rings (SSSR count). The molecule has 1 N–H and O–H groups in total. The van der Waals surface area contributed by atoms with E-state index in [-0.39, 0.29) is 11.9 Å². The lowest BCUT2D eigenvalue weighted by atomic mass is 10.1. The van der Waals surface area contributed by atoms with Gasteiger partial charge in [0, 0.05) is 18.5 Å². The fourth-order valence-electron chi connectivity index (χ4n) is 3.29. The minimum absolute atomic E-state index is 0.0555. The number of nitrogens with one attached hydrogen (secondary N) is 1. The fourth-order valence-corrected chi connectivity index (χ4v) is 4.52. The molecule has 0 radical (unpaired) electrons. The summed E-state index contributed by atoms with van der Waals surface area (Å²) in [6, 6.07) is 8.24. The van der Waals surface area contributed by atoms with Crippen LogP contribution in [0.5, 0.6) is 0 Å². The number of carbonyl (C=O) groups is 1. The van der Waals surface area contributed by atoms with Crippen LogP contribution in [0.15, 0.2) is 29.3 Å². The number of nitrogens with zero attached hydrogens (tertiary/aromatic N) is 2. The minimum Gasteiger partial charge on any atom is -0.342 e. The quantitative estimate of drug-likeness (QED) is 0.840. The predicted molar refractivity (Wildman–Crippen MR) is 103 cm³/mol. The molecule has 1 saturated carbocycles. The van der Waals surface area contributed by atoms with Gasteiger partial charge < -0.3 is 10.2 Å². The molecule has 0 spiro atoms. The number of aryl methyl sites for hydroxylation is 1. The lowest BCUT2D eigenvalue weighted by Crippen LogP contribution is -2.40. The number of thioether (sulfide) groups is 1. The van der Waals surface area contributed by atoms with Gasteiger partial charge in [0.1, 0.15) is 6.04 Å². The lowest BCUT2D eigenvalue weighted by Gasteiger charge is -2.21. The molecule has 24 heavy (non-hydrogen) atoms. The van der Waals surface area contributed by atoms with Crippen LogP contribution < -0.4 is 5.32 Å². The van der Waals surface area contributed by atoms with E-state index in [1.807, 2.05) is 38.2 Å². The molecule has 1 unspecified atom stereocenters. The topological polar surface area (TPSA) is 44.7 Å². The molecule has 1 aliphatic carbocycles. The zero-order chi connectivity index (χ0) is 16.9. The molecule has 0 bridgehead atoms. The summed E-state index contributed by atoms with van der Waals surface area (Å²) >= 11 is 1.72. The summed E-state index contributed by atoms with van der Waals surface area (Å²) in [6.07, 6.45) is 7.63. The molecular formula is C19H27N3OS. The van der Waals surface area contributed by atoms with Crippen molar-refractivity contribution >= 4 is 28.5 Å². The van der Waals surface area contributed by atoms with Crippen LogP contribution in [0.3, 0.4) is 0 Å². The molecule has 1 aromatic carbocycles. The second-order valence-corrected chi connectivity index (χ2v) is 7.84. The van der Waals surface area contributed by atoms with Gasteiger partial charge in [0.05, 0.1) is 6.04 Å². The molecule has 1 aliphatic heterocycles. The third kappa shape index (κ3) is 4.32. The Hall–Kier alpha value is -1.49.